The van der Waals surface area contributed by atoms with Crippen LogP contribution in [0.25, 0.3) is 0 Å². The largest absolute Gasteiger partial charge is 0.349 e. The van der Waals surface area contributed by atoms with Crippen LogP contribution in [0.3, 0.4) is 0 Å². The average Bonchev–Trinajstić information content (AvgIpc) is 2.75. The van der Waals surface area contributed by atoms with Gasteiger partial charge in [-0.3, -0.25) is 4.79 Å². The Morgan fingerprint density at radius 1 is 1.47 bits per heavy atom. The van der Waals surface area contributed by atoms with Crippen molar-refractivity contribution in [3.63, 3.8) is 0 Å². The fourth-order valence-corrected chi connectivity index (χ4v) is 2.62. The molecule has 0 saturated heterocycles. The van der Waals surface area contributed by atoms with Gasteiger partial charge in [0.15, 0.2) is 0 Å². The first kappa shape index (κ1) is 12.5. The molecule has 0 spiro atoms. The van der Waals surface area contributed by atoms with Crippen molar-refractivity contribution in [1.82, 2.24) is 10.6 Å². The van der Waals surface area contributed by atoms with Crippen LogP contribution in [0.15, 0.2) is 18.2 Å². The molecule has 0 saturated carbocycles. The Labute approximate surface area is 106 Å². The number of hydrogen-bond acceptors (Lipinski definition) is 3. The predicted octanol–water partition coefficient (Wildman–Crippen LogP) is 1.77. The van der Waals surface area contributed by atoms with Gasteiger partial charge >= 0.3 is 0 Å². The van der Waals surface area contributed by atoms with E-state index in [0.717, 1.165) is 24.4 Å². The Morgan fingerprint density at radius 3 is 3.00 bits per heavy atom. The van der Waals surface area contributed by atoms with Crippen molar-refractivity contribution in [3.8, 4) is 0 Å². The quantitative estimate of drug-likeness (QED) is 0.855. The first-order valence-corrected chi connectivity index (χ1v) is 7.22. The summed E-state index contributed by atoms with van der Waals surface area (Å²) in [7, 11) is 0. The highest BCUT2D eigenvalue weighted by Gasteiger charge is 2.14. The summed E-state index contributed by atoms with van der Waals surface area (Å²) in [6.07, 6.45) is 2.05. The molecule has 0 bridgehead atoms. The maximum atomic E-state index is 12.0. The van der Waals surface area contributed by atoms with Gasteiger partial charge in [0.1, 0.15) is 0 Å². The standard InChI is InChI=1S/C13H18N2OS/c1-9(8-17-2)15-13(16)10-3-4-11-6-14-7-12(11)5-10/h3-5,9,14H,6-8H2,1-2H3,(H,15,16). The van der Waals surface area contributed by atoms with Gasteiger partial charge in [-0.25, -0.2) is 0 Å². The number of nitrogens with one attached hydrogen (secondary N) is 2. The zero-order valence-electron chi connectivity index (χ0n) is 10.2. The van der Waals surface area contributed by atoms with Gasteiger partial charge in [-0.2, -0.15) is 11.8 Å². The summed E-state index contributed by atoms with van der Waals surface area (Å²) >= 11 is 1.74. The highest BCUT2D eigenvalue weighted by molar-refractivity contribution is 7.98. The second-order valence-electron chi connectivity index (χ2n) is 4.42. The number of fused-ring (bicyclic) bond motifs is 1. The normalized spacial score (nSPS) is 15.4. The SMILES string of the molecule is CSCC(C)NC(=O)c1ccc2c(c1)CNC2. The lowest BCUT2D eigenvalue weighted by Gasteiger charge is -2.12. The molecule has 0 aromatic heterocycles. The number of thioether (sulfide) groups is 1. The molecule has 1 aromatic carbocycles. The third-order valence-corrected chi connectivity index (χ3v) is 3.73. The summed E-state index contributed by atoms with van der Waals surface area (Å²) in [5.41, 5.74) is 3.31. The van der Waals surface area contributed by atoms with Gasteiger partial charge in [0.25, 0.3) is 5.91 Å². The smallest absolute Gasteiger partial charge is 0.251 e. The number of carbonyl (C=O) groups excluding carboxylic acids is 1. The van der Waals surface area contributed by atoms with Crippen LogP contribution in [0.2, 0.25) is 0 Å². The summed E-state index contributed by atoms with van der Waals surface area (Å²) < 4.78 is 0. The first-order chi connectivity index (χ1) is 8.20. The number of amides is 1. The Kier molecular flexibility index (Phi) is 4.07. The molecule has 1 aliphatic heterocycles. The minimum atomic E-state index is 0.0289. The van der Waals surface area contributed by atoms with E-state index < -0.39 is 0 Å². The average molecular weight is 250 g/mol. The molecule has 1 unspecified atom stereocenters. The highest BCUT2D eigenvalue weighted by Crippen LogP contribution is 2.17. The molecule has 1 amide bonds. The summed E-state index contributed by atoms with van der Waals surface area (Å²) in [6.45, 7) is 3.82. The molecule has 3 nitrogen and oxygen atoms in total. The van der Waals surface area contributed by atoms with E-state index >= 15 is 0 Å². The summed E-state index contributed by atoms with van der Waals surface area (Å²) in [6, 6.07) is 6.16. The third-order valence-electron chi connectivity index (χ3n) is 2.89. The molecular weight excluding hydrogens is 232 g/mol. The lowest BCUT2D eigenvalue weighted by Crippen LogP contribution is -2.34. The topological polar surface area (TPSA) is 41.1 Å². The monoisotopic (exact) mass is 250 g/mol. The zero-order valence-corrected chi connectivity index (χ0v) is 11.1. The molecule has 17 heavy (non-hydrogen) atoms. The Hall–Kier alpha value is -1.00. The third kappa shape index (κ3) is 3.01. The van der Waals surface area contributed by atoms with Crippen molar-refractivity contribution in [1.29, 1.82) is 0 Å². The molecule has 1 aromatic rings. The van der Waals surface area contributed by atoms with Crippen LogP contribution in [-0.4, -0.2) is 24.0 Å². The zero-order chi connectivity index (χ0) is 12.3. The van der Waals surface area contributed by atoms with E-state index in [1.165, 1.54) is 11.1 Å². The van der Waals surface area contributed by atoms with E-state index in [9.17, 15) is 4.79 Å². The number of hydrogen-bond donors (Lipinski definition) is 2. The van der Waals surface area contributed by atoms with Crippen LogP contribution in [-0.2, 0) is 13.1 Å². The minimum Gasteiger partial charge on any atom is -0.349 e. The molecule has 1 heterocycles. The van der Waals surface area contributed by atoms with Gasteiger partial charge < -0.3 is 10.6 Å². The molecule has 1 atom stereocenters. The lowest BCUT2D eigenvalue weighted by atomic mass is 10.1. The fraction of sp³-hybridized carbons (Fsp3) is 0.462. The molecule has 2 N–H and O–H groups in total. The van der Waals surface area contributed by atoms with Gasteiger partial charge in [-0.1, -0.05) is 6.07 Å². The second kappa shape index (κ2) is 5.56. The van der Waals surface area contributed by atoms with Crippen LogP contribution < -0.4 is 10.6 Å². The van der Waals surface area contributed by atoms with Crippen molar-refractivity contribution in [2.45, 2.75) is 26.1 Å². The first-order valence-electron chi connectivity index (χ1n) is 5.83. The van der Waals surface area contributed by atoms with E-state index in [1.54, 1.807) is 11.8 Å². The number of carbonyl (C=O) groups is 1. The van der Waals surface area contributed by atoms with E-state index in [1.807, 2.05) is 31.4 Å². The number of rotatable bonds is 4. The molecule has 4 heteroatoms. The second-order valence-corrected chi connectivity index (χ2v) is 5.33. The van der Waals surface area contributed by atoms with E-state index in [4.69, 9.17) is 0 Å². The molecule has 2 rings (SSSR count). The molecule has 0 fully saturated rings. The van der Waals surface area contributed by atoms with Gasteiger partial charge in [0, 0.05) is 30.4 Å². The van der Waals surface area contributed by atoms with Crippen LogP contribution in [0.5, 0.6) is 0 Å². The lowest BCUT2D eigenvalue weighted by molar-refractivity contribution is 0.0943. The van der Waals surface area contributed by atoms with E-state index in [2.05, 4.69) is 10.6 Å². The van der Waals surface area contributed by atoms with Crippen molar-refractivity contribution in [3.05, 3.63) is 34.9 Å². The van der Waals surface area contributed by atoms with Crippen molar-refractivity contribution in [2.75, 3.05) is 12.0 Å². The Morgan fingerprint density at radius 2 is 2.24 bits per heavy atom. The number of benzene rings is 1. The molecule has 1 aliphatic rings. The fourth-order valence-electron chi connectivity index (χ4n) is 2.03. The van der Waals surface area contributed by atoms with Crippen LogP contribution >= 0.6 is 11.8 Å². The van der Waals surface area contributed by atoms with Gasteiger partial charge in [-0.15, -0.1) is 0 Å². The predicted molar refractivity (Wildman–Crippen MR) is 72.3 cm³/mol. The van der Waals surface area contributed by atoms with E-state index in [-0.39, 0.29) is 11.9 Å². The van der Waals surface area contributed by atoms with Crippen molar-refractivity contribution in [2.24, 2.45) is 0 Å². The maximum Gasteiger partial charge on any atom is 0.251 e. The molecule has 0 radical (unpaired) electrons. The maximum absolute atomic E-state index is 12.0. The highest BCUT2D eigenvalue weighted by atomic mass is 32.2. The summed E-state index contributed by atoms with van der Waals surface area (Å²) in [5.74, 6) is 0.972. The molecule has 0 aliphatic carbocycles. The van der Waals surface area contributed by atoms with Crippen LogP contribution in [0.1, 0.15) is 28.4 Å². The van der Waals surface area contributed by atoms with Gasteiger partial charge in [-0.05, 0) is 36.4 Å². The van der Waals surface area contributed by atoms with Crippen molar-refractivity contribution < 1.29 is 4.79 Å². The summed E-state index contributed by atoms with van der Waals surface area (Å²) in [4.78, 5) is 12.0. The minimum absolute atomic E-state index is 0.0289. The van der Waals surface area contributed by atoms with Crippen molar-refractivity contribution >= 4 is 17.7 Å². The van der Waals surface area contributed by atoms with Crippen LogP contribution in [0.4, 0.5) is 0 Å². The van der Waals surface area contributed by atoms with E-state index in [0.29, 0.717) is 0 Å². The molecule has 92 valence electrons. The molecular formula is C13H18N2OS. The Bertz CT molecular complexity index is 420. The van der Waals surface area contributed by atoms with Gasteiger partial charge in [0.05, 0.1) is 0 Å². The van der Waals surface area contributed by atoms with Gasteiger partial charge in [0.2, 0.25) is 0 Å². The Balaban J connectivity index is 2.04. The summed E-state index contributed by atoms with van der Waals surface area (Å²) in [5, 5.41) is 6.29. The van der Waals surface area contributed by atoms with Crippen LogP contribution in [0, 0.1) is 0 Å².